The highest BCUT2D eigenvalue weighted by molar-refractivity contribution is 7.92. The smallest absolute Gasteiger partial charge is 0.326 e. The lowest BCUT2D eigenvalue weighted by atomic mass is 10.2. The van der Waals surface area contributed by atoms with E-state index in [2.05, 4.69) is 0 Å². The van der Waals surface area contributed by atoms with Crippen molar-refractivity contribution in [2.24, 2.45) is 0 Å². The third-order valence-corrected chi connectivity index (χ3v) is 5.61. The van der Waals surface area contributed by atoms with Gasteiger partial charge in [-0.05, 0) is 55.8 Å². The molecule has 0 atom stereocenters. The van der Waals surface area contributed by atoms with Crippen molar-refractivity contribution in [3.8, 4) is 5.75 Å². The van der Waals surface area contributed by atoms with Crippen molar-refractivity contribution < 1.29 is 22.7 Å². The van der Waals surface area contributed by atoms with Gasteiger partial charge in [-0.3, -0.25) is 9.10 Å². The summed E-state index contributed by atoms with van der Waals surface area (Å²) in [5, 5.41) is 0.411. The molecule has 0 saturated heterocycles. The summed E-state index contributed by atoms with van der Waals surface area (Å²) in [5.74, 6) is -0.328. The number of hydrogen-bond donors (Lipinski definition) is 0. The van der Waals surface area contributed by atoms with Crippen molar-refractivity contribution >= 4 is 33.3 Å². The zero-order chi connectivity index (χ0) is 19.3. The lowest BCUT2D eigenvalue weighted by Crippen LogP contribution is -2.37. The predicted octanol–water partition coefficient (Wildman–Crippen LogP) is 3.42. The minimum atomic E-state index is -4.04. The SMILES string of the molecule is CCOC(=O)CN(c1cc(C)ccc1OC)S(=O)(=O)c1ccc(Cl)cc1. The Labute approximate surface area is 158 Å². The number of anilines is 1. The van der Waals surface area contributed by atoms with Gasteiger partial charge in [0, 0.05) is 5.02 Å². The molecule has 0 bridgehead atoms. The van der Waals surface area contributed by atoms with Crippen LogP contribution in [0.2, 0.25) is 5.02 Å². The summed E-state index contributed by atoms with van der Waals surface area (Å²) in [5.41, 5.74) is 1.08. The molecule has 0 aliphatic carbocycles. The van der Waals surface area contributed by atoms with Crippen LogP contribution in [0, 0.1) is 6.92 Å². The summed E-state index contributed by atoms with van der Waals surface area (Å²) in [4.78, 5) is 12.1. The third kappa shape index (κ3) is 4.47. The van der Waals surface area contributed by atoms with E-state index in [9.17, 15) is 13.2 Å². The first kappa shape index (κ1) is 20.1. The molecule has 0 aromatic heterocycles. The van der Waals surface area contributed by atoms with Gasteiger partial charge in [-0.2, -0.15) is 0 Å². The molecule has 0 radical (unpaired) electrons. The van der Waals surface area contributed by atoms with Crippen LogP contribution in [-0.4, -0.2) is 34.6 Å². The highest BCUT2D eigenvalue weighted by Crippen LogP contribution is 2.33. The zero-order valence-corrected chi connectivity index (χ0v) is 16.3. The van der Waals surface area contributed by atoms with Crippen LogP contribution < -0.4 is 9.04 Å². The van der Waals surface area contributed by atoms with Crippen LogP contribution >= 0.6 is 11.6 Å². The van der Waals surface area contributed by atoms with Gasteiger partial charge in [0.1, 0.15) is 12.3 Å². The number of halogens is 1. The molecule has 0 N–H and O–H groups in total. The van der Waals surface area contributed by atoms with E-state index in [0.717, 1.165) is 9.87 Å². The number of carbonyl (C=O) groups is 1. The second-order valence-electron chi connectivity index (χ2n) is 5.45. The van der Waals surface area contributed by atoms with Crippen LogP contribution in [0.1, 0.15) is 12.5 Å². The van der Waals surface area contributed by atoms with Gasteiger partial charge in [-0.25, -0.2) is 8.42 Å². The molecular weight excluding hydrogens is 378 g/mol. The zero-order valence-electron chi connectivity index (χ0n) is 14.7. The molecule has 0 fully saturated rings. The molecule has 2 rings (SSSR count). The van der Waals surface area contributed by atoms with Crippen molar-refractivity contribution in [1.82, 2.24) is 0 Å². The molecule has 0 saturated carbocycles. The van der Waals surface area contributed by atoms with Crippen molar-refractivity contribution in [1.29, 1.82) is 0 Å². The maximum atomic E-state index is 13.2. The topological polar surface area (TPSA) is 72.9 Å². The summed E-state index contributed by atoms with van der Waals surface area (Å²) in [6, 6.07) is 10.8. The van der Waals surface area contributed by atoms with Gasteiger partial charge in [0.25, 0.3) is 10.0 Å². The summed E-state index contributed by atoms with van der Waals surface area (Å²) < 4.78 is 37.6. The molecule has 26 heavy (non-hydrogen) atoms. The first-order chi connectivity index (χ1) is 12.3. The second-order valence-corrected chi connectivity index (χ2v) is 7.74. The summed E-state index contributed by atoms with van der Waals surface area (Å²) in [6.45, 7) is 3.15. The number of carbonyl (C=O) groups excluding carboxylic acids is 1. The van der Waals surface area contributed by atoms with E-state index >= 15 is 0 Å². The summed E-state index contributed by atoms with van der Waals surface area (Å²) in [7, 11) is -2.60. The summed E-state index contributed by atoms with van der Waals surface area (Å²) in [6.07, 6.45) is 0. The van der Waals surface area contributed by atoms with Crippen molar-refractivity contribution in [3.05, 3.63) is 53.1 Å². The molecule has 0 spiro atoms. The van der Waals surface area contributed by atoms with E-state index < -0.39 is 22.5 Å². The van der Waals surface area contributed by atoms with E-state index in [0.29, 0.717) is 10.8 Å². The maximum Gasteiger partial charge on any atom is 0.326 e. The lowest BCUT2D eigenvalue weighted by Gasteiger charge is -2.25. The van der Waals surface area contributed by atoms with Gasteiger partial charge in [0.2, 0.25) is 0 Å². The van der Waals surface area contributed by atoms with Gasteiger partial charge in [-0.15, -0.1) is 0 Å². The molecule has 140 valence electrons. The quantitative estimate of drug-likeness (QED) is 0.669. The minimum absolute atomic E-state index is 0.00903. The Hall–Kier alpha value is -2.25. The Morgan fingerprint density at radius 1 is 1.15 bits per heavy atom. The fourth-order valence-corrected chi connectivity index (χ4v) is 3.89. The van der Waals surface area contributed by atoms with E-state index in [-0.39, 0.29) is 17.2 Å². The summed E-state index contributed by atoms with van der Waals surface area (Å²) >= 11 is 5.85. The van der Waals surface area contributed by atoms with Gasteiger partial charge in [0.05, 0.1) is 24.3 Å². The fraction of sp³-hybridized carbons (Fsp3) is 0.278. The van der Waals surface area contributed by atoms with Gasteiger partial charge in [0.15, 0.2) is 0 Å². The molecule has 0 aliphatic heterocycles. The largest absolute Gasteiger partial charge is 0.495 e. The van der Waals surface area contributed by atoms with Crippen LogP contribution in [0.4, 0.5) is 5.69 Å². The molecule has 0 amide bonds. The van der Waals surface area contributed by atoms with Crippen LogP contribution in [0.15, 0.2) is 47.4 Å². The predicted molar refractivity (Wildman–Crippen MR) is 100 cm³/mol. The number of aryl methyl sites for hydroxylation is 1. The number of sulfonamides is 1. The third-order valence-electron chi connectivity index (χ3n) is 3.58. The van der Waals surface area contributed by atoms with Gasteiger partial charge < -0.3 is 9.47 Å². The molecule has 2 aromatic carbocycles. The van der Waals surface area contributed by atoms with E-state index in [1.807, 2.05) is 6.92 Å². The van der Waals surface area contributed by atoms with Crippen molar-refractivity contribution in [2.45, 2.75) is 18.7 Å². The number of esters is 1. The number of hydrogen-bond acceptors (Lipinski definition) is 5. The van der Waals surface area contributed by atoms with E-state index in [1.54, 1.807) is 25.1 Å². The first-order valence-electron chi connectivity index (χ1n) is 7.88. The molecule has 6 nitrogen and oxygen atoms in total. The Balaban J connectivity index is 2.59. The average molecular weight is 398 g/mol. The Morgan fingerprint density at radius 3 is 2.38 bits per heavy atom. The van der Waals surface area contributed by atoms with Gasteiger partial charge >= 0.3 is 5.97 Å². The molecular formula is C18H20ClNO5S. The molecule has 8 heteroatoms. The number of nitrogens with zero attached hydrogens (tertiary/aromatic N) is 1. The fourth-order valence-electron chi connectivity index (χ4n) is 2.35. The van der Waals surface area contributed by atoms with Crippen LogP contribution in [0.25, 0.3) is 0 Å². The van der Waals surface area contributed by atoms with Crippen LogP contribution in [0.3, 0.4) is 0 Å². The average Bonchev–Trinajstić information content (AvgIpc) is 2.60. The van der Waals surface area contributed by atoms with Gasteiger partial charge in [-0.1, -0.05) is 17.7 Å². The normalized spacial score (nSPS) is 11.1. The number of methoxy groups -OCH3 is 1. The molecule has 0 heterocycles. The lowest BCUT2D eigenvalue weighted by molar-refractivity contribution is -0.141. The highest BCUT2D eigenvalue weighted by Gasteiger charge is 2.30. The number of ether oxygens (including phenoxy) is 2. The highest BCUT2D eigenvalue weighted by atomic mass is 35.5. The first-order valence-corrected chi connectivity index (χ1v) is 9.70. The standard InChI is InChI=1S/C18H20ClNO5S/c1-4-25-18(21)12-20(16-11-13(2)5-10-17(16)24-3)26(22,23)15-8-6-14(19)7-9-15/h5-11H,4,12H2,1-3H3. The second kappa shape index (κ2) is 8.42. The monoisotopic (exact) mass is 397 g/mol. The van der Waals surface area contributed by atoms with E-state index in [4.69, 9.17) is 21.1 Å². The number of benzene rings is 2. The van der Waals surface area contributed by atoms with Crippen molar-refractivity contribution in [2.75, 3.05) is 24.6 Å². The Kier molecular flexibility index (Phi) is 6.50. The van der Waals surface area contributed by atoms with E-state index in [1.165, 1.54) is 31.4 Å². The minimum Gasteiger partial charge on any atom is -0.495 e. The molecule has 0 aliphatic rings. The molecule has 2 aromatic rings. The number of rotatable bonds is 7. The Bertz CT molecular complexity index is 881. The Morgan fingerprint density at radius 2 is 1.81 bits per heavy atom. The van der Waals surface area contributed by atoms with Crippen molar-refractivity contribution in [3.63, 3.8) is 0 Å². The van der Waals surface area contributed by atoms with Crippen LogP contribution in [0.5, 0.6) is 5.75 Å². The molecule has 0 unspecified atom stereocenters. The maximum absolute atomic E-state index is 13.2. The van der Waals surface area contributed by atoms with Crippen LogP contribution in [-0.2, 0) is 19.6 Å².